The van der Waals surface area contributed by atoms with E-state index in [1.54, 1.807) is 122 Å². The number of benzene rings is 9. The van der Waals surface area contributed by atoms with E-state index in [9.17, 15) is 0 Å². The molecule has 0 fully saturated rings. The Labute approximate surface area is 600 Å². The van der Waals surface area contributed by atoms with Gasteiger partial charge in [0.2, 0.25) is 0 Å². The van der Waals surface area contributed by atoms with Crippen molar-refractivity contribution in [1.82, 2.24) is 29.7 Å². The molecule has 4 aromatic heterocycles. The van der Waals surface area contributed by atoms with Gasteiger partial charge in [0.05, 0.1) is 22.3 Å². The van der Waals surface area contributed by atoms with Gasteiger partial charge in [-0.15, -0.1) is 0 Å². The van der Waals surface area contributed by atoms with Crippen LogP contribution in [-0.4, -0.2) is 90.4 Å². The van der Waals surface area contributed by atoms with E-state index in [2.05, 4.69) is 19.9 Å². The molecule has 0 saturated carbocycles. The third-order valence-electron chi connectivity index (χ3n) is 19.8. The lowest BCUT2D eigenvalue weighted by atomic mass is 9.80. The smallest absolute Gasteiger partial charge is 0.262 e. The molecule has 2 aliphatic rings. The van der Waals surface area contributed by atoms with Gasteiger partial charge in [0.1, 0.15) is 58.1 Å². The van der Waals surface area contributed by atoms with Crippen LogP contribution in [0, 0.1) is 55.4 Å². The number of ether oxygens (including phenoxy) is 4. The lowest BCUT2D eigenvalue weighted by Gasteiger charge is -2.37. The average molecular weight is 1380 g/mol. The highest BCUT2D eigenvalue weighted by Gasteiger charge is 2.48. The van der Waals surface area contributed by atoms with Crippen molar-refractivity contribution >= 4 is 89.9 Å². The molecule has 18 heteroatoms. The summed E-state index contributed by atoms with van der Waals surface area (Å²) in [6.07, 6.45) is 12.5. The molecule has 0 N–H and O–H groups in total. The number of fused-ring (bicyclic) bond motifs is 2. The molecule has 104 heavy (non-hydrogen) atoms. The summed E-state index contributed by atoms with van der Waals surface area (Å²) in [7, 11) is 0. The van der Waals surface area contributed by atoms with Crippen molar-refractivity contribution in [2.45, 2.75) is 94.2 Å². The van der Waals surface area contributed by atoms with Crippen molar-refractivity contribution < 1.29 is 47.7 Å². The van der Waals surface area contributed by atoms with Gasteiger partial charge in [-0.2, -0.15) is 0 Å². The third kappa shape index (κ3) is 11.8. The zero-order chi connectivity index (χ0) is 72.5. The molecular weight excluding hydrogens is 1300 g/mol. The largest absolute Gasteiger partial charge is 0.456 e. The lowest BCUT2D eigenvalue weighted by Crippen LogP contribution is -2.55. The molecule has 15 rings (SSSR count). The maximum Gasteiger partial charge on any atom is 0.262 e. The van der Waals surface area contributed by atoms with Crippen molar-refractivity contribution in [3.63, 3.8) is 0 Å². The van der Waals surface area contributed by atoms with Gasteiger partial charge >= 0.3 is 0 Å². The number of aromatic nitrogens is 4. The Morgan fingerprint density at radius 1 is 0.346 bits per heavy atom. The van der Waals surface area contributed by atoms with Crippen molar-refractivity contribution in [1.29, 1.82) is 0 Å². The van der Waals surface area contributed by atoms with Crippen LogP contribution in [-0.2, 0) is 22.4 Å². The highest BCUT2D eigenvalue weighted by atomic mass is 16.5. The van der Waals surface area contributed by atoms with Gasteiger partial charge in [0.15, 0.2) is 0 Å². The normalized spacial score (nSPS) is 13.3. The number of hydrogen-bond acceptors (Lipinski definition) is 14. The lowest BCUT2D eigenvalue weighted by molar-refractivity contribution is -0.123. The molecule has 0 radical (unpaired) electrons. The molecule has 6 heterocycles. The molecule has 13 aromatic rings. The number of aryl methyl sites for hydroxylation is 8. The molecular formula is C86H72N8O10. The molecule has 516 valence electrons. The fraction of sp³-hybridized carbons (Fsp3) is 0.186. The number of likely N-dealkylation sites (N-methyl/N-ethyl adjacent to an activating group) is 2. The van der Waals surface area contributed by atoms with Crippen LogP contribution >= 0.6 is 0 Å². The molecule has 2 aliphatic heterocycles. The Morgan fingerprint density at radius 2 is 0.635 bits per heavy atom. The van der Waals surface area contributed by atoms with E-state index in [1.165, 1.54) is 9.80 Å². The van der Waals surface area contributed by atoms with E-state index in [0.717, 1.165) is 54.3 Å². The van der Waals surface area contributed by atoms with Gasteiger partial charge in [0, 0.05) is 130 Å². The van der Waals surface area contributed by atoms with E-state index in [-0.39, 0.29) is 82.0 Å². The van der Waals surface area contributed by atoms with Crippen molar-refractivity contribution in [3.8, 4) is 46.0 Å². The minimum absolute atomic E-state index is 0.00864. The first-order valence-corrected chi connectivity index (χ1v) is 34.6. The summed E-state index contributed by atoms with van der Waals surface area (Å²) in [5.74, 6) is -2.26. The molecule has 0 saturated heterocycles. The van der Waals surface area contributed by atoms with E-state index < -0.39 is 47.5 Å². The summed E-state index contributed by atoms with van der Waals surface area (Å²) in [6.45, 7) is 19.5. The van der Waals surface area contributed by atoms with Crippen LogP contribution < -0.4 is 28.7 Å². The molecule has 0 aliphatic carbocycles. The molecule has 2 atom stereocenters. The van der Waals surface area contributed by atoms with Crippen LogP contribution in [0.1, 0.15) is 111 Å². The Kier molecular flexibility index (Phi) is 17.4. The SMILES string of the molecule is CCN(C(=O)C(Cc1cccnc1)N1C(=O)c2cc(Oc3ccc(C)cc3C)c3c4c(Oc5ccc(C)cc5C)cc5c6c(cc(Oc7ccc(C)cc7C)c(c7c(Oc8ccc(C)cc8C)cc(c2c37)C1=O)c64)C(=O)N(C(Cc1cccnc1)C(=O)N(CC)c1ccncc1)C5=O)c1ccncc1. The predicted molar refractivity (Wildman–Crippen MR) is 401 cm³/mol. The van der Waals surface area contributed by atoms with Gasteiger partial charge in [-0.1, -0.05) is 82.9 Å². The molecule has 9 aromatic carbocycles. The number of hydrogen-bond donors (Lipinski definition) is 0. The second kappa shape index (κ2) is 27.0. The van der Waals surface area contributed by atoms with Gasteiger partial charge in [0.25, 0.3) is 35.4 Å². The molecule has 6 amide bonds. The Hall–Kier alpha value is -12.7. The second-order valence-electron chi connectivity index (χ2n) is 26.9. The van der Waals surface area contributed by atoms with Crippen LogP contribution in [0.15, 0.2) is 195 Å². The van der Waals surface area contributed by atoms with Gasteiger partial charge in [-0.25, -0.2) is 0 Å². The minimum Gasteiger partial charge on any atom is -0.456 e. The first-order valence-electron chi connectivity index (χ1n) is 34.6. The molecule has 0 bridgehead atoms. The summed E-state index contributed by atoms with van der Waals surface area (Å²) < 4.78 is 29.7. The van der Waals surface area contributed by atoms with Crippen LogP contribution in [0.3, 0.4) is 0 Å². The van der Waals surface area contributed by atoms with Gasteiger partial charge in [-0.05, 0) is 188 Å². The number of carbonyl (C=O) groups excluding carboxylic acids is 6. The van der Waals surface area contributed by atoms with E-state index in [1.807, 2.05) is 142 Å². The third-order valence-corrected chi connectivity index (χ3v) is 19.8. The average Bonchev–Trinajstić information content (AvgIpc) is 0.671. The number of rotatable bonds is 20. The maximum absolute atomic E-state index is 16.7. The second-order valence-corrected chi connectivity index (χ2v) is 26.9. The number of nitrogens with zero attached hydrogens (tertiary/aromatic N) is 8. The van der Waals surface area contributed by atoms with E-state index >= 15 is 28.8 Å². The molecule has 18 nitrogen and oxygen atoms in total. The Balaban J connectivity index is 1.11. The van der Waals surface area contributed by atoms with E-state index in [0.29, 0.717) is 77.8 Å². The Morgan fingerprint density at radius 3 is 0.885 bits per heavy atom. The minimum atomic E-state index is -1.46. The summed E-state index contributed by atoms with van der Waals surface area (Å²) in [5, 5.41) is 2.17. The summed E-state index contributed by atoms with van der Waals surface area (Å²) in [6, 6.07) is 40.4. The standard InChI is InChI=1S/C86H72N8O10/c1-11-91(57-25-31-87-32-26-57)85(99)63(39-55-15-13-29-89-45-55)93-81(95)59-41-69(101-65-21-17-47(3)35-51(65)7)75-77-71(103-67-23-19-49(5)37-53(67)9)43-61-74-62(84(98)94(83(61)97)64(40-56-16-14-30-90-46-56)86(100)92(12-2)58-27-33-88-34-28-58)44-72(104-68-24-20-50(6)38-54(68)10)78(80(74)77)76-70(42-60(82(93)96)73(59)79(75)76)102-66-22-18-48(4)36-52(66)8/h13-38,41-46,63-64H,11-12,39-40H2,1-10H3. The quantitative estimate of drug-likeness (QED) is 0.0396. The van der Waals surface area contributed by atoms with Crippen LogP contribution in [0.2, 0.25) is 0 Å². The highest BCUT2D eigenvalue weighted by Crippen LogP contribution is 2.59. The topological polar surface area (TPSA) is 204 Å². The van der Waals surface area contributed by atoms with Crippen molar-refractivity contribution in [2.24, 2.45) is 0 Å². The van der Waals surface area contributed by atoms with E-state index in [4.69, 9.17) is 18.9 Å². The first kappa shape index (κ1) is 67.1. The van der Waals surface area contributed by atoms with Gasteiger partial charge in [-0.3, -0.25) is 58.5 Å². The monoisotopic (exact) mass is 1380 g/mol. The van der Waals surface area contributed by atoms with Crippen LogP contribution in [0.4, 0.5) is 11.4 Å². The first-order chi connectivity index (χ1) is 50.3. The fourth-order valence-corrected chi connectivity index (χ4v) is 15.0. The number of imide groups is 2. The zero-order valence-corrected chi connectivity index (χ0v) is 59.1. The highest BCUT2D eigenvalue weighted by molar-refractivity contribution is 6.45. The maximum atomic E-state index is 16.7. The predicted octanol–water partition coefficient (Wildman–Crippen LogP) is 17.5. The summed E-state index contributed by atoms with van der Waals surface area (Å²) in [4.78, 5) is 121. The molecule has 2 unspecified atom stereocenters. The van der Waals surface area contributed by atoms with Gasteiger partial charge < -0.3 is 28.7 Å². The number of amides is 6. The Bertz CT molecular complexity index is 5110. The van der Waals surface area contributed by atoms with Crippen molar-refractivity contribution in [2.75, 3.05) is 22.9 Å². The number of pyridine rings is 4. The van der Waals surface area contributed by atoms with Crippen LogP contribution in [0.25, 0.3) is 43.1 Å². The summed E-state index contributed by atoms with van der Waals surface area (Å²) >= 11 is 0. The fourth-order valence-electron chi connectivity index (χ4n) is 15.0. The van der Waals surface area contributed by atoms with Crippen molar-refractivity contribution in [3.05, 3.63) is 273 Å². The number of carbonyl (C=O) groups is 6. The molecule has 0 spiro atoms. The number of anilines is 2. The van der Waals surface area contributed by atoms with Crippen LogP contribution in [0.5, 0.6) is 46.0 Å². The zero-order valence-electron chi connectivity index (χ0n) is 59.1. The summed E-state index contributed by atoms with van der Waals surface area (Å²) in [5.41, 5.74) is 8.96.